The third-order valence-electron chi connectivity index (χ3n) is 6.24. The summed E-state index contributed by atoms with van der Waals surface area (Å²) in [6, 6.07) is 22.6. The second-order valence-corrected chi connectivity index (χ2v) is 9.77. The first-order chi connectivity index (χ1) is 17.4. The number of imidazole rings is 1. The van der Waals surface area contributed by atoms with Crippen LogP contribution in [-0.2, 0) is 6.54 Å². The molecule has 0 bridgehead atoms. The maximum atomic E-state index is 5.71. The lowest BCUT2D eigenvalue weighted by molar-refractivity contribution is 0.371. The Balaban J connectivity index is 1.74. The zero-order valence-corrected chi connectivity index (χ0v) is 21.2. The van der Waals surface area contributed by atoms with Crippen molar-refractivity contribution in [3.63, 3.8) is 0 Å². The van der Waals surface area contributed by atoms with Crippen molar-refractivity contribution in [2.75, 3.05) is 6.61 Å². The molecule has 5 nitrogen and oxygen atoms in total. The van der Waals surface area contributed by atoms with Gasteiger partial charge in [-0.05, 0) is 47.7 Å². The topological polar surface area (TPSA) is 52.8 Å². The van der Waals surface area contributed by atoms with Gasteiger partial charge in [-0.1, -0.05) is 70.0 Å². The van der Waals surface area contributed by atoms with Crippen molar-refractivity contribution in [2.24, 2.45) is 5.92 Å². The fourth-order valence-corrected chi connectivity index (χ4v) is 4.46. The van der Waals surface area contributed by atoms with E-state index in [2.05, 4.69) is 68.5 Å². The summed E-state index contributed by atoms with van der Waals surface area (Å²) < 4.78 is 7.95. The van der Waals surface area contributed by atoms with E-state index in [4.69, 9.17) is 26.1 Å². The summed E-state index contributed by atoms with van der Waals surface area (Å²) in [6.45, 7) is 9.85. The zero-order chi connectivity index (χ0) is 25.2. The lowest BCUT2D eigenvalue weighted by Crippen LogP contribution is -2.08. The van der Waals surface area contributed by atoms with Gasteiger partial charge in [-0.2, -0.15) is 0 Å². The highest BCUT2D eigenvalue weighted by molar-refractivity contribution is 5.94. The number of benzene rings is 3. The number of terminal acetylenes is 1. The average Bonchev–Trinajstić information content (AvgIpc) is 3.24. The van der Waals surface area contributed by atoms with E-state index < -0.39 is 0 Å². The van der Waals surface area contributed by atoms with E-state index in [1.165, 1.54) is 5.56 Å². The Morgan fingerprint density at radius 2 is 1.67 bits per heavy atom. The van der Waals surface area contributed by atoms with E-state index >= 15 is 0 Å². The van der Waals surface area contributed by atoms with Gasteiger partial charge in [-0.3, -0.25) is 0 Å². The molecule has 5 heteroatoms. The minimum atomic E-state index is 0.210. The van der Waals surface area contributed by atoms with E-state index in [0.717, 1.165) is 45.6 Å². The van der Waals surface area contributed by atoms with E-state index in [-0.39, 0.29) is 6.61 Å². The number of rotatable bonds is 7. The van der Waals surface area contributed by atoms with Crippen LogP contribution in [0.5, 0.6) is 5.75 Å². The van der Waals surface area contributed by atoms with Crippen LogP contribution in [0.2, 0.25) is 0 Å². The number of aromatic nitrogens is 4. The standard InChI is InChI=1S/C31H30N4O/c1-6-17-36-24-15-16-26-25(18-24)29(23-13-11-22(12-14-23)21(4)5)34-30(32-26)31-33-27-9-7-8-10-28(27)35(31)19-20(2)3/h1,7-16,18,20-21H,17,19H2,2-5H3. The predicted molar refractivity (Wildman–Crippen MR) is 147 cm³/mol. The van der Waals surface area contributed by atoms with Crippen LogP contribution in [0.1, 0.15) is 39.2 Å². The molecular formula is C31H30N4O. The van der Waals surface area contributed by atoms with Gasteiger partial charge in [0.25, 0.3) is 0 Å². The van der Waals surface area contributed by atoms with Gasteiger partial charge < -0.3 is 9.30 Å². The Morgan fingerprint density at radius 3 is 2.39 bits per heavy atom. The van der Waals surface area contributed by atoms with Crippen molar-refractivity contribution in [1.29, 1.82) is 0 Å². The summed E-state index contributed by atoms with van der Waals surface area (Å²) in [4.78, 5) is 15.0. The molecule has 0 amide bonds. The summed E-state index contributed by atoms with van der Waals surface area (Å²) in [5.74, 6) is 5.51. The predicted octanol–water partition coefficient (Wildman–Crippen LogP) is 7.10. The highest BCUT2D eigenvalue weighted by Gasteiger charge is 2.19. The molecule has 180 valence electrons. The highest BCUT2D eigenvalue weighted by atomic mass is 16.5. The first kappa shape index (κ1) is 23.6. The molecule has 0 unspecified atom stereocenters. The fourth-order valence-electron chi connectivity index (χ4n) is 4.46. The molecule has 0 aliphatic heterocycles. The van der Waals surface area contributed by atoms with Gasteiger partial charge in [0.1, 0.15) is 12.4 Å². The van der Waals surface area contributed by atoms with Gasteiger partial charge in [-0.15, -0.1) is 6.42 Å². The van der Waals surface area contributed by atoms with Crippen LogP contribution in [0.15, 0.2) is 66.7 Å². The molecule has 5 rings (SSSR count). The Kier molecular flexibility index (Phi) is 6.43. The maximum Gasteiger partial charge on any atom is 0.197 e. The number of fused-ring (bicyclic) bond motifs is 2. The van der Waals surface area contributed by atoms with Crippen molar-refractivity contribution in [1.82, 2.24) is 19.5 Å². The maximum absolute atomic E-state index is 5.71. The Morgan fingerprint density at radius 1 is 0.889 bits per heavy atom. The van der Waals surface area contributed by atoms with Crippen molar-refractivity contribution >= 4 is 21.9 Å². The molecular weight excluding hydrogens is 444 g/mol. The normalized spacial score (nSPS) is 11.5. The van der Waals surface area contributed by atoms with Crippen LogP contribution in [0, 0.1) is 18.3 Å². The van der Waals surface area contributed by atoms with Crippen LogP contribution >= 0.6 is 0 Å². The molecule has 36 heavy (non-hydrogen) atoms. The van der Waals surface area contributed by atoms with E-state index in [0.29, 0.717) is 23.4 Å². The molecule has 2 aromatic heterocycles. The second-order valence-electron chi connectivity index (χ2n) is 9.77. The molecule has 0 spiro atoms. The van der Waals surface area contributed by atoms with Gasteiger partial charge in [0.15, 0.2) is 11.6 Å². The zero-order valence-electron chi connectivity index (χ0n) is 21.2. The van der Waals surface area contributed by atoms with Crippen molar-refractivity contribution in [3.8, 4) is 41.0 Å². The molecule has 0 aliphatic rings. The molecule has 5 aromatic rings. The summed E-state index contributed by atoms with van der Waals surface area (Å²) in [5, 5.41) is 0.914. The van der Waals surface area contributed by atoms with E-state index in [1.807, 2.05) is 36.4 Å². The molecule has 0 radical (unpaired) electrons. The number of nitrogens with zero attached hydrogens (tertiary/aromatic N) is 4. The Bertz CT molecular complexity index is 1570. The minimum Gasteiger partial charge on any atom is -0.481 e. The average molecular weight is 475 g/mol. The molecule has 0 aliphatic carbocycles. The van der Waals surface area contributed by atoms with Crippen LogP contribution in [0.25, 0.3) is 44.8 Å². The van der Waals surface area contributed by atoms with Crippen molar-refractivity contribution in [3.05, 3.63) is 72.3 Å². The molecule has 0 saturated heterocycles. The van der Waals surface area contributed by atoms with E-state index in [1.54, 1.807) is 0 Å². The van der Waals surface area contributed by atoms with Crippen LogP contribution in [-0.4, -0.2) is 26.1 Å². The Hall–Kier alpha value is -4.17. The largest absolute Gasteiger partial charge is 0.481 e. The summed E-state index contributed by atoms with van der Waals surface area (Å²) in [7, 11) is 0. The molecule has 0 N–H and O–H groups in total. The van der Waals surface area contributed by atoms with Gasteiger partial charge in [0, 0.05) is 17.5 Å². The second kappa shape index (κ2) is 9.83. The molecule has 0 atom stereocenters. The lowest BCUT2D eigenvalue weighted by Gasteiger charge is -2.14. The van der Waals surface area contributed by atoms with Gasteiger partial charge in [-0.25, -0.2) is 15.0 Å². The monoisotopic (exact) mass is 474 g/mol. The number of ether oxygens (including phenoxy) is 1. The third kappa shape index (κ3) is 4.55. The number of hydrogen-bond donors (Lipinski definition) is 0. The van der Waals surface area contributed by atoms with Crippen LogP contribution in [0.3, 0.4) is 0 Å². The molecule has 0 saturated carbocycles. The van der Waals surface area contributed by atoms with Gasteiger partial charge >= 0.3 is 0 Å². The summed E-state index contributed by atoms with van der Waals surface area (Å²) >= 11 is 0. The van der Waals surface area contributed by atoms with Crippen LogP contribution in [0.4, 0.5) is 0 Å². The van der Waals surface area contributed by atoms with Crippen molar-refractivity contribution < 1.29 is 4.74 Å². The first-order valence-electron chi connectivity index (χ1n) is 12.4. The van der Waals surface area contributed by atoms with Gasteiger partial charge in [0.05, 0.1) is 22.2 Å². The number of para-hydroxylation sites is 2. The quantitative estimate of drug-likeness (QED) is 0.236. The molecule has 0 fully saturated rings. The van der Waals surface area contributed by atoms with Crippen molar-refractivity contribution in [2.45, 2.75) is 40.2 Å². The molecule has 3 aromatic carbocycles. The smallest absolute Gasteiger partial charge is 0.197 e. The lowest BCUT2D eigenvalue weighted by atomic mass is 9.99. The highest BCUT2D eigenvalue weighted by Crippen LogP contribution is 2.33. The first-order valence-corrected chi connectivity index (χ1v) is 12.4. The third-order valence-corrected chi connectivity index (χ3v) is 6.24. The van der Waals surface area contributed by atoms with Crippen LogP contribution < -0.4 is 4.74 Å². The number of hydrogen-bond acceptors (Lipinski definition) is 4. The molecule has 2 heterocycles. The minimum absolute atomic E-state index is 0.210. The van der Waals surface area contributed by atoms with Gasteiger partial charge in [0.2, 0.25) is 0 Å². The summed E-state index contributed by atoms with van der Waals surface area (Å²) in [5.41, 5.74) is 6.02. The summed E-state index contributed by atoms with van der Waals surface area (Å²) in [6.07, 6.45) is 5.40. The fraction of sp³-hybridized carbons (Fsp3) is 0.258. The van der Waals surface area contributed by atoms with E-state index in [9.17, 15) is 0 Å². The SMILES string of the molecule is C#CCOc1ccc2nc(-c3nc4ccccc4n3CC(C)C)nc(-c3ccc(C(C)C)cc3)c2c1. The Labute approximate surface area is 212 Å².